The van der Waals surface area contributed by atoms with Crippen molar-refractivity contribution in [3.05, 3.63) is 54.6 Å². The number of nitrogens with zero attached hydrogens (tertiary/aromatic N) is 5. The lowest BCUT2D eigenvalue weighted by molar-refractivity contribution is 0.102. The fourth-order valence-electron chi connectivity index (χ4n) is 4.33. The fourth-order valence-corrected chi connectivity index (χ4v) is 4.33. The van der Waals surface area contributed by atoms with Gasteiger partial charge in [0.2, 0.25) is 0 Å². The van der Waals surface area contributed by atoms with Gasteiger partial charge < -0.3 is 30.8 Å². The molecule has 0 bridgehead atoms. The van der Waals surface area contributed by atoms with E-state index in [1.54, 1.807) is 18.6 Å². The van der Waals surface area contributed by atoms with E-state index in [0.29, 0.717) is 30.6 Å². The topological polar surface area (TPSA) is 122 Å². The zero-order valence-electron chi connectivity index (χ0n) is 19.4. The molecule has 35 heavy (non-hydrogen) atoms. The van der Waals surface area contributed by atoms with Crippen molar-refractivity contribution in [1.82, 2.24) is 19.8 Å². The molecule has 10 nitrogen and oxygen atoms in total. The van der Waals surface area contributed by atoms with Gasteiger partial charge in [0, 0.05) is 43.1 Å². The van der Waals surface area contributed by atoms with E-state index in [1.807, 2.05) is 35.1 Å². The molecule has 1 amide bonds. The summed E-state index contributed by atoms with van der Waals surface area (Å²) < 4.78 is 5.44. The van der Waals surface area contributed by atoms with E-state index in [1.165, 1.54) is 0 Å². The molecule has 3 aromatic rings. The minimum Gasteiger partial charge on any atom is -0.382 e. The number of pyridine rings is 1. The summed E-state index contributed by atoms with van der Waals surface area (Å²) in [5, 5.41) is 6.39. The summed E-state index contributed by atoms with van der Waals surface area (Å²) in [4.78, 5) is 30.0. The molecule has 0 spiro atoms. The standard InChI is InChI=1S/C24H27BN8O2/c25-33-8-6-18(15-33)29-17-3-1-16(2-4-17)19-14-28-23(26)22(30-19)24(34)31-20-13-27-7-5-21(20)32-9-11-35-12-10-32/h1-5,7,13-14,18,29H,6,8-12,15H2,(H2,26,28)(H,31,34)/t18-/m1/s1. The first kappa shape index (κ1) is 23.1. The Hall–Kier alpha value is -3.70. The van der Waals surface area contributed by atoms with Crippen LogP contribution in [0.2, 0.25) is 0 Å². The van der Waals surface area contributed by atoms with Crippen LogP contribution in [0.5, 0.6) is 0 Å². The molecular weight excluding hydrogens is 443 g/mol. The third-order valence-electron chi connectivity index (χ3n) is 6.19. The van der Waals surface area contributed by atoms with Crippen LogP contribution in [-0.2, 0) is 4.74 Å². The largest absolute Gasteiger partial charge is 0.382 e. The summed E-state index contributed by atoms with van der Waals surface area (Å²) >= 11 is 0. The van der Waals surface area contributed by atoms with Crippen molar-refractivity contribution in [1.29, 1.82) is 0 Å². The van der Waals surface area contributed by atoms with Gasteiger partial charge in [0.25, 0.3) is 5.91 Å². The highest BCUT2D eigenvalue weighted by Crippen LogP contribution is 2.27. The molecule has 5 rings (SSSR count). The number of aromatic nitrogens is 3. The van der Waals surface area contributed by atoms with Gasteiger partial charge in [-0.1, -0.05) is 12.1 Å². The lowest BCUT2D eigenvalue weighted by Crippen LogP contribution is -2.36. The smallest absolute Gasteiger partial charge is 0.278 e. The number of benzene rings is 1. The number of amides is 1. The second-order valence-electron chi connectivity index (χ2n) is 8.64. The maximum Gasteiger partial charge on any atom is 0.278 e. The SMILES string of the molecule is [B]N1CC[C@@H](Nc2ccc(-c3cnc(N)c(C(=O)Nc4cnccc4N4CCOCC4)n3)cc2)C1. The van der Waals surface area contributed by atoms with Gasteiger partial charge in [0.1, 0.15) is 0 Å². The van der Waals surface area contributed by atoms with Crippen molar-refractivity contribution in [3.63, 3.8) is 0 Å². The van der Waals surface area contributed by atoms with E-state index < -0.39 is 5.91 Å². The minimum atomic E-state index is -0.440. The van der Waals surface area contributed by atoms with E-state index in [4.69, 9.17) is 18.5 Å². The molecule has 2 saturated heterocycles. The van der Waals surface area contributed by atoms with Crippen LogP contribution in [0.1, 0.15) is 16.9 Å². The number of hydrogen-bond acceptors (Lipinski definition) is 9. The molecule has 0 saturated carbocycles. The minimum absolute atomic E-state index is 0.0638. The van der Waals surface area contributed by atoms with Crippen LogP contribution >= 0.6 is 0 Å². The van der Waals surface area contributed by atoms with Gasteiger partial charge >= 0.3 is 0 Å². The first-order valence-corrected chi connectivity index (χ1v) is 11.6. The summed E-state index contributed by atoms with van der Waals surface area (Å²) in [6.45, 7) is 4.44. The Morgan fingerprint density at radius 1 is 1.11 bits per heavy atom. The van der Waals surface area contributed by atoms with Gasteiger partial charge in [-0.15, -0.1) is 0 Å². The van der Waals surface area contributed by atoms with Crippen molar-refractivity contribution in [3.8, 4) is 11.3 Å². The summed E-state index contributed by atoms with van der Waals surface area (Å²) in [6.07, 6.45) is 5.90. The molecular formula is C24H27BN8O2. The number of nitrogen functional groups attached to an aromatic ring is 1. The van der Waals surface area contributed by atoms with Crippen molar-refractivity contribution in [2.24, 2.45) is 0 Å². The Labute approximate surface area is 205 Å². The van der Waals surface area contributed by atoms with Crippen LogP contribution < -0.4 is 21.3 Å². The number of nitrogens with one attached hydrogen (secondary N) is 2. The average Bonchev–Trinajstić information content (AvgIpc) is 3.30. The van der Waals surface area contributed by atoms with Crippen LogP contribution in [0.3, 0.4) is 0 Å². The van der Waals surface area contributed by atoms with Gasteiger partial charge in [-0.25, -0.2) is 9.97 Å². The highest BCUT2D eigenvalue weighted by molar-refractivity contribution is 6.07. The van der Waals surface area contributed by atoms with Crippen molar-refractivity contribution in [2.75, 3.05) is 60.7 Å². The third kappa shape index (κ3) is 5.36. The molecule has 2 fully saturated rings. The number of carbonyl (C=O) groups is 1. The lowest BCUT2D eigenvalue weighted by atomic mass is 10.1. The van der Waals surface area contributed by atoms with E-state index >= 15 is 0 Å². The average molecular weight is 470 g/mol. The number of rotatable bonds is 6. The highest BCUT2D eigenvalue weighted by atomic mass is 16.5. The van der Waals surface area contributed by atoms with Crippen molar-refractivity contribution in [2.45, 2.75) is 12.5 Å². The monoisotopic (exact) mass is 470 g/mol. The summed E-state index contributed by atoms with van der Waals surface area (Å²) in [7, 11) is 5.85. The second-order valence-corrected chi connectivity index (χ2v) is 8.64. The van der Waals surface area contributed by atoms with Crippen LogP contribution in [-0.4, -0.2) is 79.1 Å². The molecule has 2 aliphatic rings. The van der Waals surface area contributed by atoms with E-state index in [-0.39, 0.29) is 11.5 Å². The fraction of sp³-hybridized carbons (Fsp3) is 0.333. The molecule has 4 N–H and O–H groups in total. The molecule has 2 aliphatic heterocycles. The molecule has 0 aliphatic carbocycles. The molecule has 11 heteroatoms. The predicted octanol–water partition coefficient (Wildman–Crippen LogP) is 1.78. The van der Waals surface area contributed by atoms with Gasteiger partial charge in [0.05, 0.1) is 42.7 Å². The Morgan fingerprint density at radius 2 is 1.91 bits per heavy atom. The molecule has 4 heterocycles. The number of carbonyl (C=O) groups excluding carboxylic acids is 1. The quantitative estimate of drug-likeness (QED) is 0.463. The van der Waals surface area contributed by atoms with Crippen molar-refractivity contribution >= 4 is 36.8 Å². The molecule has 2 radical (unpaired) electrons. The highest BCUT2D eigenvalue weighted by Gasteiger charge is 2.21. The van der Waals surface area contributed by atoms with Crippen LogP contribution in [0.4, 0.5) is 22.9 Å². The first-order chi connectivity index (χ1) is 17.1. The number of nitrogens with two attached hydrogens (primary N) is 1. The Morgan fingerprint density at radius 3 is 2.66 bits per heavy atom. The van der Waals surface area contributed by atoms with Gasteiger partial charge in [-0.2, -0.15) is 0 Å². The summed E-state index contributed by atoms with van der Waals surface area (Å²) in [5.41, 5.74) is 9.95. The summed E-state index contributed by atoms with van der Waals surface area (Å²) in [6, 6.07) is 10.0. The first-order valence-electron chi connectivity index (χ1n) is 11.6. The zero-order valence-corrected chi connectivity index (χ0v) is 19.4. The number of hydrogen-bond donors (Lipinski definition) is 3. The predicted molar refractivity (Wildman–Crippen MR) is 136 cm³/mol. The van der Waals surface area contributed by atoms with E-state index in [2.05, 4.69) is 30.5 Å². The maximum atomic E-state index is 13.1. The molecule has 178 valence electrons. The Bertz CT molecular complexity index is 1190. The number of morpholine rings is 1. The maximum absolute atomic E-state index is 13.1. The third-order valence-corrected chi connectivity index (χ3v) is 6.19. The Kier molecular flexibility index (Phi) is 6.78. The van der Waals surface area contributed by atoms with Crippen molar-refractivity contribution < 1.29 is 9.53 Å². The molecule has 0 unspecified atom stereocenters. The van der Waals surface area contributed by atoms with E-state index in [0.717, 1.165) is 49.5 Å². The molecule has 1 aromatic carbocycles. The van der Waals surface area contributed by atoms with Gasteiger partial charge in [-0.05, 0) is 31.2 Å². The van der Waals surface area contributed by atoms with Gasteiger partial charge in [0.15, 0.2) is 19.5 Å². The molecule has 1 atom stereocenters. The second kappa shape index (κ2) is 10.3. The summed E-state index contributed by atoms with van der Waals surface area (Å²) in [5.74, 6) is -0.376. The Balaban J connectivity index is 1.32. The number of ether oxygens (including phenoxy) is 1. The number of anilines is 4. The normalized spacial score (nSPS) is 18.4. The zero-order chi connectivity index (χ0) is 24.2. The lowest BCUT2D eigenvalue weighted by Gasteiger charge is -2.30. The van der Waals surface area contributed by atoms with E-state index in [9.17, 15) is 4.79 Å². The van der Waals surface area contributed by atoms with Gasteiger partial charge in [-0.3, -0.25) is 9.78 Å². The van der Waals surface area contributed by atoms with Crippen LogP contribution in [0.15, 0.2) is 48.9 Å². The van der Waals surface area contributed by atoms with Crippen LogP contribution in [0.25, 0.3) is 11.3 Å². The molecule has 2 aromatic heterocycles. The van der Waals surface area contributed by atoms with Crippen LogP contribution in [0, 0.1) is 0 Å².